The number of fused-ring (bicyclic) bond motifs is 7. The molecular formula is C61H42N6. The molecule has 0 unspecified atom stereocenters. The maximum absolute atomic E-state index is 5.53. The van der Waals surface area contributed by atoms with Crippen molar-refractivity contribution in [2.75, 3.05) is 4.90 Å². The normalized spacial score (nSPS) is 13.0. The number of aromatic nitrogens is 5. The van der Waals surface area contributed by atoms with Gasteiger partial charge in [-0.25, -0.2) is 19.9 Å². The minimum Gasteiger partial charge on any atom is -0.278 e. The summed E-state index contributed by atoms with van der Waals surface area (Å²) in [7, 11) is 0. The number of para-hydroxylation sites is 4. The summed E-state index contributed by atoms with van der Waals surface area (Å²) in [6.07, 6.45) is 0. The third-order valence-corrected chi connectivity index (χ3v) is 13.6. The lowest BCUT2D eigenvalue weighted by Crippen LogP contribution is -2.31. The molecule has 0 N–H and O–H groups in total. The number of hydrogen-bond donors (Lipinski definition) is 0. The van der Waals surface area contributed by atoms with Gasteiger partial charge in [0.1, 0.15) is 0 Å². The quantitative estimate of drug-likeness (QED) is 0.167. The summed E-state index contributed by atoms with van der Waals surface area (Å²) in [6.45, 7) is 4.66. The predicted molar refractivity (Wildman–Crippen MR) is 276 cm³/mol. The first-order chi connectivity index (χ1) is 33.0. The van der Waals surface area contributed by atoms with Gasteiger partial charge in [0.2, 0.25) is 11.9 Å². The summed E-state index contributed by atoms with van der Waals surface area (Å²) < 4.78 is 2.24. The van der Waals surface area contributed by atoms with Gasteiger partial charge in [0.05, 0.1) is 44.8 Å². The van der Waals surface area contributed by atoms with Crippen LogP contribution in [0, 0.1) is 0 Å². The van der Waals surface area contributed by atoms with Crippen molar-refractivity contribution < 1.29 is 0 Å². The molecule has 12 aromatic rings. The van der Waals surface area contributed by atoms with Gasteiger partial charge in [-0.05, 0) is 69.8 Å². The molecule has 0 saturated heterocycles. The Bertz CT molecular complexity index is 3880. The fourth-order valence-corrected chi connectivity index (χ4v) is 10.3. The van der Waals surface area contributed by atoms with Gasteiger partial charge in [-0.2, -0.15) is 0 Å². The van der Waals surface area contributed by atoms with Crippen molar-refractivity contribution in [3.8, 4) is 50.7 Å². The standard InChI is InChI=1S/C61H42N6/c1-61(2)49-24-12-16-28-54(49)67(60-63-52-26-14-10-23-47(52)58(65-60)44-35-31-42(32-36-44)40-19-7-4-8-20-40)56-38-55-48(37-50(56)61)45-21-11-15-27-53(45)66(55)59-62-51-25-13-9-22-46(51)57(64-59)43-33-29-41(30-34-43)39-17-5-3-6-18-39/h3-38H,1-2H3. The van der Waals surface area contributed by atoms with E-state index in [1.54, 1.807) is 0 Å². The minimum atomic E-state index is -0.356. The van der Waals surface area contributed by atoms with Crippen LogP contribution in [0.15, 0.2) is 218 Å². The molecule has 0 spiro atoms. The van der Waals surface area contributed by atoms with E-state index < -0.39 is 0 Å². The highest BCUT2D eigenvalue weighted by molar-refractivity contribution is 6.11. The molecule has 1 aliphatic rings. The Hall–Kier alpha value is -8.74. The Kier molecular flexibility index (Phi) is 8.77. The molecule has 0 amide bonds. The van der Waals surface area contributed by atoms with Crippen LogP contribution >= 0.6 is 0 Å². The molecule has 3 aromatic heterocycles. The molecule has 0 atom stereocenters. The van der Waals surface area contributed by atoms with E-state index in [9.17, 15) is 0 Å². The number of anilines is 3. The number of nitrogens with zero attached hydrogens (tertiary/aromatic N) is 6. The van der Waals surface area contributed by atoms with Gasteiger partial charge in [-0.15, -0.1) is 0 Å². The van der Waals surface area contributed by atoms with Crippen molar-refractivity contribution in [2.45, 2.75) is 19.3 Å². The summed E-state index contributed by atoms with van der Waals surface area (Å²) in [5.41, 5.74) is 16.4. The highest BCUT2D eigenvalue weighted by atomic mass is 15.3. The lowest BCUT2D eigenvalue weighted by Gasteiger charge is -2.41. The van der Waals surface area contributed by atoms with Gasteiger partial charge in [-0.3, -0.25) is 9.47 Å². The van der Waals surface area contributed by atoms with Crippen LogP contribution in [0.2, 0.25) is 0 Å². The van der Waals surface area contributed by atoms with Crippen LogP contribution < -0.4 is 4.90 Å². The molecular weight excluding hydrogens is 817 g/mol. The van der Waals surface area contributed by atoms with Gasteiger partial charge < -0.3 is 0 Å². The Balaban J connectivity index is 1.04. The number of rotatable bonds is 6. The van der Waals surface area contributed by atoms with E-state index in [2.05, 4.69) is 236 Å². The van der Waals surface area contributed by atoms with E-state index in [-0.39, 0.29) is 5.41 Å². The van der Waals surface area contributed by atoms with Crippen LogP contribution in [-0.2, 0) is 5.41 Å². The molecule has 6 nitrogen and oxygen atoms in total. The zero-order valence-corrected chi connectivity index (χ0v) is 37.0. The van der Waals surface area contributed by atoms with Crippen molar-refractivity contribution in [1.29, 1.82) is 0 Å². The van der Waals surface area contributed by atoms with Crippen LogP contribution in [-0.4, -0.2) is 24.5 Å². The predicted octanol–water partition coefficient (Wildman–Crippen LogP) is 15.4. The maximum atomic E-state index is 5.53. The molecule has 4 heterocycles. The molecule has 6 heteroatoms. The van der Waals surface area contributed by atoms with Gasteiger partial charge in [0.25, 0.3) is 0 Å². The SMILES string of the molecule is CC1(C)c2ccccc2N(c2nc(-c3ccc(-c4ccccc4)cc3)c3ccccc3n2)c2cc3c(cc21)c1ccccc1n3-c1nc(-c2ccc(-c3ccccc3)cc2)c2ccccc2n1. The Labute approximate surface area is 388 Å². The van der Waals surface area contributed by atoms with Crippen LogP contribution in [0.25, 0.3) is 94.3 Å². The molecule has 0 saturated carbocycles. The Morgan fingerprint density at radius 1 is 0.328 bits per heavy atom. The topological polar surface area (TPSA) is 59.7 Å². The monoisotopic (exact) mass is 858 g/mol. The molecule has 13 rings (SSSR count). The van der Waals surface area contributed by atoms with Gasteiger partial charge >= 0.3 is 0 Å². The van der Waals surface area contributed by atoms with Crippen molar-refractivity contribution in [1.82, 2.24) is 24.5 Å². The average molecular weight is 859 g/mol. The first-order valence-corrected chi connectivity index (χ1v) is 22.8. The van der Waals surface area contributed by atoms with Crippen molar-refractivity contribution in [3.05, 3.63) is 230 Å². The summed E-state index contributed by atoms with van der Waals surface area (Å²) in [5.74, 6) is 1.22. The molecule has 0 aliphatic carbocycles. The minimum absolute atomic E-state index is 0.356. The average Bonchev–Trinajstić information content (AvgIpc) is 3.72. The molecule has 9 aromatic carbocycles. The van der Waals surface area contributed by atoms with E-state index in [1.165, 1.54) is 22.3 Å². The fourth-order valence-electron chi connectivity index (χ4n) is 10.3. The number of hydrogen-bond acceptors (Lipinski definition) is 5. The van der Waals surface area contributed by atoms with Crippen LogP contribution in [0.4, 0.5) is 17.3 Å². The lowest BCUT2D eigenvalue weighted by atomic mass is 9.73. The molecule has 67 heavy (non-hydrogen) atoms. The second-order valence-corrected chi connectivity index (χ2v) is 17.9. The number of benzene rings is 9. The van der Waals surface area contributed by atoms with Gasteiger partial charge in [0, 0.05) is 38.1 Å². The smallest absolute Gasteiger partial charge is 0.235 e. The van der Waals surface area contributed by atoms with E-state index in [4.69, 9.17) is 19.9 Å². The van der Waals surface area contributed by atoms with Crippen molar-refractivity contribution in [3.63, 3.8) is 0 Å². The summed E-state index contributed by atoms with van der Waals surface area (Å²) >= 11 is 0. The molecule has 1 aliphatic heterocycles. The van der Waals surface area contributed by atoms with Crippen LogP contribution in [0.1, 0.15) is 25.0 Å². The largest absolute Gasteiger partial charge is 0.278 e. The van der Waals surface area contributed by atoms with Crippen molar-refractivity contribution in [2.24, 2.45) is 0 Å². The molecule has 0 radical (unpaired) electrons. The van der Waals surface area contributed by atoms with Crippen LogP contribution in [0.5, 0.6) is 0 Å². The highest BCUT2D eigenvalue weighted by Crippen LogP contribution is 2.53. The zero-order valence-electron chi connectivity index (χ0n) is 37.0. The van der Waals surface area contributed by atoms with Crippen LogP contribution in [0.3, 0.4) is 0 Å². The Morgan fingerprint density at radius 2 is 0.791 bits per heavy atom. The summed E-state index contributed by atoms with van der Waals surface area (Å²) in [4.78, 5) is 24.0. The molecule has 0 bridgehead atoms. The zero-order chi connectivity index (χ0) is 44.6. The lowest BCUT2D eigenvalue weighted by molar-refractivity contribution is 0.632. The van der Waals surface area contributed by atoms with Gasteiger partial charge in [-0.1, -0.05) is 196 Å². The molecule has 0 fully saturated rings. The third kappa shape index (κ3) is 6.25. The van der Waals surface area contributed by atoms with E-state index in [1.807, 2.05) is 6.07 Å². The van der Waals surface area contributed by atoms with Gasteiger partial charge in [0.15, 0.2) is 0 Å². The maximum Gasteiger partial charge on any atom is 0.235 e. The highest BCUT2D eigenvalue weighted by Gasteiger charge is 2.39. The molecule has 316 valence electrons. The third-order valence-electron chi connectivity index (χ3n) is 13.6. The summed E-state index contributed by atoms with van der Waals surface area (Å²) in [5, 5.41) is 4.26. The van der Waals surface area contributed by atoms with Crippen molar-refractivity contribution >= 4 is 60.9 Å². The van der Waals surface area contributed by atoms with E-state index in [0.29, 0.717) is 11.9 Å². The van der Waals surface area contributed by atoms with E-state index in [0.717, 1.165) is 88.6 Å². The second-order valence-electron chi connectivity index (χ2n) is 17.9. The fraction of sp³-hybridized carbons (Fsp3) is 0.0492. The first-order valence-electron chi connectivity index (χ1n) is 22.8. The first kappa shape index (κ1) is 38.7. The summed E-state index contributed by atoms with van der Waals surface area (Å²) in [6, 6.07) is 77.1. The second kappa shape index (κ2) is 15.2. The Morgan fingerprint density at radius 3 is 1.40 bits per heavy atom. The van der Waals surface area contributed by atoms with E-state index >= 15 is 0 Å².